The minimum absolute atomic E-state index is 0.156. The van der Waals surface area contributed by atoms with Crippen molar-refractivity contribution in [2.24, 2.45) is 0 Å². The van der Waals surface area contributed by atoms with Crippen molar-refractivity contribution in [3.63, 3.8) is 0 Å². The topological polar surface area (TPSA) is 32.3 Å². The molecule has 1 aliphatic heterocycles. The Balaban J connectivity index is 2.18. The number of hydrogen-bond donors (Lipinski definition) is 1. The van der Waals surface area contributed by atoms with E-state index < -0.39 is 12.0 Å². The summed E-state index contributed by atoms with van der Waals surface area (Å²) in [7, 11) is 1.57. The first kappa shape index (κ1) is 13.9. The fraction of sp³-hybridized carbons (Fsp3) is 0.500. The van der Waals surface area contributed by atoms with Crippen LogP contribution >= 0.6 is 0 Å². The summed E-state index contributed by atoms with van der Waals surface area (Å²) < 4.78 is 26.4. The molecule has 0 aliphatic carbocycles. The van der Waals surface area contributed by atoms with Crippen LogP contribution < -0.4 is 5.32 Å². The number of nitrogens with one attached hydrogen (secondary N) is 1. The van der Waals surface area contributed by atoms with Gasteiger partial charge < -0.3 is 5.32 Å². The fourth-order valence-corrected chi connectivity index (χ4v) is 2.41. The maximum atomic E-state index is 13.2. The van der Waals surface area contributed by atoms with Crippen LogP contribution in [0.3, 0.4) is 0 Å². The molecule has 1 unspecified atom stereocenters. The summed E-state index contributed by atoms with van der Waals surface area (Å²) >= 11 is 0. The van der Waals surface area contributed by atoms with E-state index in [1.165, 1.54) is 0 Å². The fourth-order valence-electron chi connectivity index (χ4n) is 2.41. The molecule has 1 saturated heterocycles. The molecule has 104 valence electrons. The predicted molar refractivity (Wildman–Crippen MR) is 69.0 cm³/mol. The van der Waals surface area contributed by atoms with Crippen LogP contribution in [0.15, 0.2) is 30.3 Å². The number of nitrogens with zero attached hydrogens (tertiary/aromatic N) is 1. The Bertz CT molecular complexity index is 426. The average Bonchev–Trinajstić information content (AvgIpc) is 2.42. The van der Waals surface area contributed by atoms with Crippen LogP contribution in [0.4, 0.5) is 8.78 Å². The number of piperidine rings is 1. The lowest BCUT2D eigenvalue weighted by Crippen LogP contribution is -2.46. The van der Waals surface area contributed by atoms with Crippen LogP contribution in [0.5, 0.6) is 0 Å². The molecular weight excluding hydrogens is 250 g/mol. The third kappa shape index (κ3) is 3.29. The standard InChI is InChI=1S/C14H18F2N2O/c1-17-13(19)12(11-5-3-2-4-6-11)18-9-7-14(15,16)8-10-18/h2-6,12H,7-10H2,1H3,(H,17,19). The zero-order chi connectivity index (χ0) is 13.9. The van der Waals surface area contributed by atoms with Crippen LogP contribution in [0.1, 0.15) is 24.4 Å². The maximum Gasteiger partial charge on any atom is 0.250 e. The summed E-state index contributed by atoms with van der Waals surface area (Å²) in [6, 6.07) is 8.80. The second-order valence-corrected chi connectivity index (χ2v) is 4.82. The third-order valence-electron chi connectivity index (χ3n) is 3.50. The number of likely N-dealkylation sites (N-methyl/N-ethyl adjacent to an activating group) is 1. The molecule has 19 heavy (non-hydrogen) atoms. The van der Waals surface area contributed by atoms with E-state index in [0.29, 0.717) is 0 Å². The van der Waals surface area contributed by atoms with Gasteiger partial charge in [-0.25, -0.2) is 8.78 Å². The van der Waals surface area contributed by atoms with Gasteiger partial charge in [-0.3, -0.25) is 9.69 Å². The molecule has 2 rings (SSSR count). The van der Waals surface area contributed by atoms with Crippen LogP contribution in [0, 0.1) is 0 Å². The maximum absolute atomic E-state index is 13.2. The highest BCUT2D eigenvalue weighted by molar-refractivity contribution is 5.82. The first-order valence-electron chi connectivity index (χ1n) is 6.42. The number of carbonyl (C=O) groups excluding carboxylic acids is 1. The highest BCUT2D eigenvalue weighted by atomic mass is 19.3. The Morgan fingerprint density at radius 3 is 2.37 bits per heavy atom. The van der Waals surface area contributed by atoms with Gasteiger partial charge in [-0.1, -0.05) is 30.3 Å². The molecule has 3 nitrogen and oxygen atoms in total. The van der Waals surface area contributed by atoms with Crippen molar-refractivity contribution in [1.29, 1.82) is 0 Å². The molecule has 0 radical (unpaired) electrons. The van der Waals surface area contributed by atoms with E-state index in [2.05, 4.69) is 5.32 Å². The molecular formula is C14H18F2N2O. The first-order chi connectivity index (χ1) is 9.03. The summed E-state index contributed by atoms with van der Waals surface area (Å²) in [4.78, 5) is 13.9. The lowest BCUT2D eigenvalue weighted by atomic mass is 9.99. The highest BCUT2D eigenvalue weighted by Gasteiger charge is 2.38. The van der Waals surface area contributed by atoms with Gasteiger partial charge in [0, 0.05) is 33.0 Å². The second kappa shape index (κ2) is 5.65. The zero-order valence-electron chi connectivity index (χ0n) is 10.9. The van der Waals surface area contributed by atoms with E-state index in [9.17, 15) is 13.6 Å². The Morgan fingerprint density at radius 2 is 1.84 bits per heavy atom. The molecule has 1 aromatic carbocycles. The van der Waals surface area contributed by atoms with Gasteiger partial charge >= 0.3 is 0 Å². The van der Waals surface area contributed by atoms with Gasteiger partial charge in [-0.2, -0.15) is 0 Å². The Kier molecular flexibility index (Phi) is 4.14. The molecule has 5 heteroatoms. The molecule has 1 N–H and O–H groups in total. The van der Waals surface area contributed by atoms with Crippen molar-refractivity contribution in [2.75, 3.05) is 20.1 Å². The SMILES string of the molecule is CNC(=O)C(c1ccccc1)N1CCC(F)(F)CC1. The Hall–Kier alpha value is -1.49. The van der Waals surface area contributed by atoms with Crippen molar-refractivity contribution >= 4 is 5.91 Å². The molecule has 1 fully saturated rings. The molecule has 0 aromatic heterocycles. The smallest absolute Gasteiger partial charge is 0.250 e. The minimum atomic E-state index is -2.60. The van der Waals surface area contributed by atoms with Crippen molar-refractivity contribution in [2.45, 2.75) is 24.8 Å². The van der Waals surface area contributed by atoms with Crippen molar-refractivity contribution in [1.82, 2.24) is 10.2 Å². The van der Waals surface area contributed by atoms with E-state index in [1.54, 1.807) is 7.05 Å². The van der Waals surface area contributed by atoms with Crippen LogP contribution in [-0.4, -0.2) is 36.9 Å². The number of carbonyl (C=O) groups is 1. The first-order valence-corrected chi connectivity index (χ1v) is 6.42. The normalized spacial score (nSPS) is 20.8. The molecule has 1 heterocycles. The Morgan fingerprint density at radius 1 is 1.26 bits per heavy atom. The van der Waals surface area contributed by atoms with Gasteiger partial charge in [0.15, 0.2) is 0 Å². The zero-order valence-corrected chi connectivity index (χ0v) is 10.9. The quantitative estimate of drug-likeness (QED) is 0.911. The van der Waals surface area contributed by atoms with Gasteiger partial charge in [0.1, 0.15) is 6.04 Å². The number of halogens is 2. The Labute approximate surface area is 111 Å². The second-order valence-electron chi connectivity index (χ2n) is 4.82. The van der Waals surface area contributed by atoms with Gasteiger partial charge in [0.05, 0.1) is 0 Å². The van der Waals surface area contributed by atoms with E-state index >= 15 is 0 Å². The number of benzene rings is 1. The number of alkyl halides is 2. The van der Waals surface area contributed by atoms with Crippen molar-refractivity contribution in [3.05, 3.63) is 35.9 Å². The summed E-state index contributed by atoms with van der Waals surface area (Å²) in [6.45, 7) is 0.472. The molecule has 1 aromatic rings. The lowest BCUT2D eigenvalue weighted by molar-refractivity contribution is -0.129. The van der Waals surface area contributed by atoms with Crippen LogP contribution in [0.25, 0.3) is 0 Å². The molecule has 1 atom stereocenters. The summed E-state index contributed by atoms with van der Waals surface area (Å²) in [5, 5.41) is 2.61. The predicted octanol–water partition coefficient (Wildman–Crippen LogP) is 2.20. The monoisotopic (exact) mass is 268 g/mol. The molecule has 0 bridgehead atoms. The lowest BCUT2D eigenvalue weighted by Gasteiger charge is -2.36. The summed E-state index contributed by atoms with van der Waals surface area (Å²) in [5.41, 5.74) is 0.840. The number of likely N-dealkylation sites (tertiary alicyclic amines) is 1. The minimum Gasteiger partial charge on any atom is -0.358 e. The van der Waals surface area contributed by atoms with Gasteiger partial charge in [0.25, 0.3) is 5.92 Å². The van der Waals surface area contributed by atoms with Crippen molar-refractivity contribution < 1.29 is 13.6 Å². The van der Waals surface area contributed by atoms with Gasteiger partial charge in [-0.05, 0) is 5.56 Å². The molecule has 1 aliphatic rings. The van der Waals surface area contributed by atoms with E-state index in [0.717, 1.165) is 5.56 Å². The van der Waals surface area contributed by atoms with Crippen LogP contribution in [-0.2, 0) is 4.79 Å². The average molecular weight is 268 g/mol. The summed E-state index contributed by atoms with van der Waals surface area (Å²) in [6.07, 6.45) is -0.374. The number of hydrogen-bond acceptors (Lipinski definition) is 2. The largest absolute Gasteiger partial charge is 0.358 e. The summed E-state index contributed by atoms with van der Waals surface area (Å²) in [5.74, 6) is -2.75. The van der Waals surface area contributed by atoms with Gasteiger partial charge in [0.2, 0.25) is 5.91 Å². The molecule has 1 amide bonds. The number of amides is 1. The molecule has 0 spiro atoms. The number of rotatable bonds is 3. The van der Waals surface area contributed by atoms with E-state index in [-0.39, 0.29) is 31.8 Å². The van der Waals surface area contributed by atoms with E-state index in [4.69, 9.17) is 0 Å². The van der Waals surface area contributed by atoms with E-state index in [1.807, 2.05) is 35.2 Å². The van der Waals surface area contributed by atoms with Gasteiger partial charge in [-0.15, -0.1) is 0 Å². The molecule has 0 saturated carbocycles. The third-order valence-corrected chi connectivity index (χ3v) is 3.50. The van der Waals surface area contributed by atoms with Crippen LogP contribution in [0.2, 0.25) is 0 Å². The highest BCUT2D eigenvalue weighted by Crippen LogP contribution is 2.32. The van der Waals surface area contributed by atoms with Crippen molar-refractivity contribution in [3.8, 4) is 0 Å².